The van der Waals surface area contributed by atoms with E-state index in [9.17, 15) is 19.2 Å². The molecule has 0 unspecified atom stereocenters. The number of ether oxygens (including phenoxy) is 1. The van der Waals surface area contributed by atoms with Gasteiger partial charge in [-0.1, -0.05) is 20.8 Å². The standard InChI is InChI=1S/C23H26N2O5/c1-14(30-21(28)17-8-12-18(13-9-17)24-15(2)26)20(27)16-6-10-19(11-7-16)25-22(29)23(3,4)5/h6-14H,1-5H3,(H,24,26)(H,25,29)/t14-/m1/s1. The number of hydrogen-bond acceptors (Lipinski definition) is 5. The molecule has 0 saturated heterocycles. The molecule has 2 N–H and O–H groups in total. The molecular weight excluding hydrogens is 384 g/mol. The summed E-state index contributed by atoms with van der Waals surface area (Å²) in [4.78, 5) is 47.9. The summed E-state index contributed by atoms with van der Waals surface area (Å²) in [6.07, 6.45) is -0.984. The van der Waals surface area contributed by atoms with Crippen molar-refractivity contribution < 1.29 is 23.9 Å². The molecule has 7 heteroatoms. The smallest absolute Gasteiger partial charge is 0.338 e. The van der Waals surface area contributed by atoms with Crippen molar-refractivity contribution in [2.24, 2.45) is 5.41 Å². The Labute approximate surface area is 175 Å². The Balaban J connectivity index is 1.99. The number of anilines is 2. The van der Waals surface area contributed by atoms with Crippen molar-refractivity contribution in [3.63, 3.8) is 0 Å². The number of benzene rings is 2. The summed E-state index contributed by atoms with van der Waals surface area (Å²) >= 11 is 0. The minimum atomic E-state index is -0.984. The number of carbonyl (C=O) groups is 4. The van der Waals surface area contributed by atoms with Gasteiger partial charge < -0.3 is 15.4 Å². The first-order chi connectivity index (χ1) is 14.0. The molecule has 2 aromatic rings. The molecule has 0 radical (unpaired) electrons. The highest BCUT2D eigenvalue weighted by atomic mass is 16.5. The molecule has 0 aliphatic rings. The maximum Gasteiger partial charge on any atom is 0.338 e. The van der Waals surface area contributed by atoms with Crippen LogP contribution >= 0.6 is 0 Å². The number of rotatable bonds is 6. The van der Waals surface area contributed by atoms with E-state index >= 15 is 0 Å². The monoisotopic (exact) mass is 410 g/mol. The molecule has 30 heavy (non-hydrogen) atoms. The molecule has 1 atom stereocenters. The van der Waals surface area contributed by atoms with Crippen LogP contribution in [0.4, 0.5) is 11.4 Å². The molecule has 0 saturated carbocycles. The van der Waals surface area contributed by atoms with Gasteiger partial charge in [0.1, 0.15) is 0 Å². The minimum Gasteiger partial charge on any atom is -0.451 e. The molecule has 2 aromatic carbocycles. The van der Waals surface area contributed by atoms with E-state index in [-0.39, 0.29) is 23.2 Å². The molecule has 0 aliphatic carbocycles. The van der Waals surface area contributed by atoms with E-state index < -0.39 is 17.5 Å². The molecule has 0 bridgehead atoms. The summed E-state index contributed by atoms with van der Waals surface area (Å²) in [5.41, 5.74) is 1.24. The first-order valence-electron chi connectivity index (χ1n) is 9.52. The summed E-state index contributed by atoms with van der Waals surface area (Å²) < 4.78 is 5.27. The topological polar surface area (TPSA) is 102 Å². The van der Waals surface area contributed by atoms with Gasteiger partial charge in [-0.15, -0.1) is 0 Å². The van der Waals surface area contributed by atoms with Crippen LogP contribution in [0.1, 0.15) is 55.3 Å². The quantitative estimate of drug-likeness (QED) is 0.552. The van der Waals surface area contributed by atoms with Crippen LogP contribution in [0.3, 0.4) is 0 Å². The van der Waals surface area contributed by atoms with Gasteiger partial charge in [0, 0.05) is 29.3 Å². The number of esters is 1. The number of Topliss-reactive ketones (excluding diaryl/α,β-unsaturated/α-hetero) is 1. The van der Waals surface area contributed by atoms with Gasteiger partial charge in [-0.3, -0.25) is 14.4 Å². The number of nitrogens with one attached hydrogen (secondary N) is 2. The second kappa shape index (κ2) is 9.35. The van der Waals surface area contributed by atoms with Crippen molar-refractivity contribution in [1.29, 1.82) is 0 Å². The average molecular weight is 410 g/mol. The predicted octanol–water partition coefficient (Wildman–Crippen LogP) is 4.06. The van der Waals surface area contributed by atoms with Crippen LogP contribution in [0, 0.1) is 5.41 Å². The lowest BCUT2D eigenvalue weighted by Crippen LogP contribution is -2.27. The number of amides is 2. The third kappa shape index (κ3) is 6.27. The fraction of sp³-hybridized carbons (Fsp3) is 0.304. The molecule has 0 heterocycles. The Bertz CT molecular complexity index is 941. The Kier molecular flexibility index (Phi) is 7.10. The number of carbonyl (C=O) groups excluding carboxylic acids is 4. The summed E-state index contributed by atoms with van der Waals surface area (Å²) in [6, 6.07) is 12.6. The fourth-order valence-electron chi connectivity index (χ4n) is 2.45. The van der Waals surface area contributed by atoms with E-state index in [1.807, 2.05) is 20.8 Å². The van der Waals surface area contributed by atoms with Gasteiger partial charge in [-0.2, -0.15) is 0 Å². The van der Waals surface area contributed by atoms with Crippen LogP contribution < -0.4 is 10.6 Å². The second-order valence-corrected chi connectivity index (χ2v) is 7.95. The highest BCUT2D eigenvalue weighted by Gasteiger charge is 2.22. The third-order valence-electron chi connectivity index (χ3n) is 4.20. The molecule has 158 valence electrons. The van der Waals surface area contributed by atoms with Crippen LogP contribution in [0.25, 0.3) is 0 Å². The van der Waals surface area contributed by atoms with Gasteiger partial charge >= 0.3 is 5.97 Å². The molecule has 2 amide bonds. The van der Waals surface area contributed by atoms with Crippen molar-refractivity contribution in [1.82, 2.24) is 0 Å². The van der Waals surface area contributed by atoms with Crippen LogP contribution in [0.5, 0.6) is 0 Å². The van der Waals surface area contributed by atoms with E-state index in [4.69, 9.17) is 4.74 Å². The van der Waals surface area contributed by atoms with Gasteiger partial charge in [-0.05, 0) is 55.5 Å². The zero-order chi connectivity index (χ0) is 22.5. The van der Waals surface area contributed by atoms with Crippen molar-refractivity contribution in [2.45, 2.75) is 40.7 Å². The lowest BCUT2D eigenvalue weighted by atomic mass is 9.95. The van der Waals surface area contributed by atoms with Crippen LogP contribution in [-0.2, 0) is 14.3 Å². The SMILES string of the molecule is CC(=O)Nc1ccc(C(=O)O[C@H](C)C(=O)c2ccc(NC(=O)C(C)(C)C)cc2)cc1. The van der Waals surface area contributed by atoms with E-state index in [1.165, 1.54) is 26.0 Å². The fourth-order valence-corrected chi connectivity index (χ4v) is 2.45. The van der Waals surface area contributed by atoms with Crippen LogP contribution in [-0.4, -0.2) is 29.7 Å². The zero-order valence-corrected chi connectivity index (χ0v) is 17.7. The van der Waals surface area contributed by atoms with Crippen molar-refractivity contribution in [3.05, 3.63) is 59.7 Å². The molecule has 2 rings (SSSR count). The third-order valence-corrected chi connectivity index (χ3v) is 4.20. The zero-order valence-electron chi connectivity index (χ0n) is 17.7. The maximum atomic E-state index is 12.6. The molecule has 0 fully saturated rings. The highest BCUT2D eigenvalue weighted by molar-refractivity contribution is 6.02. The van der Waals surface area contributed by atoms with E-state index in [0.29, 0.717) is 16.9 Å². The highest BCUT2D eigenvalue weighted by Crippen LogP contribution is 2.19. The minimum absolute atomic E-state index is 0.131. The van der Waals surface area contributed by atoms with Crippen molar-refractivity contribution in [2.75, 3.05) is 10.6 Å². The second-order valence-electron chi connectivity index (χ2n) is 7.95. The molecule has 0 aliphatic heterocycles. The first-order valence-corrected chi connectivity index (χ1v) is 9.52. The van der Waals surface area contributed by atoms with Gasteiger partial charge in [0.25, 0.3) is 0 Å². The normalized spacial score (nSPS) is 11.9. The molecule has 0 aromatic heterocycles. The van der Waals surface area contributed by atoms with Crippen molar-refractivity contribution >= 4 is 34.9 Å². The summed E-state index contributed by atoms with van der Waals surface area (Å²) in [6.45, 7) is 8.32. The van der Waals surface area contributed by atoms with E-state index in [2.05, 4.69) is 10.6 Å². The first kappa shape index (κ1) is 22.8. The van der Waals surface area contributed by atoms with Gasteiger partial charge in [0.2, 0.25) is 17.6 Å². The molecular formula is C23H26N2O5. The Morgan fingerprint density at radius 2 is 1.27 bits per heavy atom. The Morgan fingerprint density at radius 3 is 1.73 bits per heavy atom. The number of hydrogen-bond donors (Lipinski definition) is 2. The predicted molar refractivity (Wildman–Crippen MR) is 114 cm³/mol. The van der Waals surface area contributed by atoms with Gasteiger partial charge in [-0.25, -0.2) is 4.79 Å². The molecule has 7 nitrogen and oxygen atoms in total. The Morgan fingerprint density at radius 1 is 0.800 bits per heavy atom. The summed E-state index contributed by atoms with van der Waals surface area (Å²) in [5.74, 6) is -1.34. The Hall–Kier alpha value is -3.48. The van der Waals surface area contributed by atoms with Gasteiger partial charge in [0.05, 0.1) is 5.56 Å². The van der Waals surface area contributed by atoms with E-state index in [1.54, 1.807) is 36.4 Å². The lowest BCUT2D eigenvalue weighted by molar-refractivity contribution is -0.123. The lowest BCUT2D eigenvalue weighted by Gasteiger charge is -2.18. The van der Waals surface area contributed by atoms with E-state index in [0.717, 1.165) is 0 Å². The van der Waals surface area contributed by atoms with Crippen LogP contribution in [0.15, 0.2) is 48.5 Å². The largest absolute Gasteiger partial charge is 0.451 e. The number of ketones is 1. The van der Waals surface area contributed by atoms with Gasteiger partial charge in [0.15, 0.2) is 6.10 Å². The molecule has 0 spiro atoms. The van der Waals surface area contributed by atoms with Crippen LogP contribution in [0.2, 0.25) is 0 Å². The maximum absolute atomic E-state index is 12.6. The van der Waals surface area contributed by atoms with Crippen molar-refractivity contribution in [3.8, 4) is 0 Å². The summed E-state index contributed by atoms with van der Waals surface area (Å²) in [7, 11) is 0. The summed E-state index contributed by atoms with van der Waals surface area (Å²) in [5, 5.41) is 5.39. The average Bonchev–Trinajstić information content (AvgIpc) is 2.67.